The topological polar surface area (TPSA) is 95.5 Å². The highest BCUT2D eigenvalue weighted by molar-refractivity contribution is 7.92. The number of carbonyl (C=O) groups excluding carboxylic acids is 1. The summed E-state index contributed by atoms with van der Waals surface area (Å²) in [4.78, 5) is 12.6. The number of aryl methyl sites for hydroxylation is 1. The van der Waals surface area contributed by atoms with Gasteiger partial charge in [-0.1, -0.05) is 23.8 Å². The summed E-state index contributed by atoms with van der Waals surface area (Å²) in [5.74, 6) is -0.243. The Morgan fingerprint density at radius 2 is 1.70 bits per heavy atom. The van der Waals surface area contributed by atoms with Gasteiger partial charge in [-0.3, -0.25) is 9.52 Å². The predicted octanol–water partition coefficient (Wildman–Crippen LogP) is 2.83. The van der Waals surface area contributed by atoms with Gasteiger partial charge in [0.1, 0.15) is 0 Å². The van der Waals surface area contributed by atoms with E-state index >= 15 is 0 Å². The molecule has 1 fully saturated rings. The number of aliphatic hydroxyl groups is 1. The fourth-order valence-electron chi connectivity index (χ4n) is 3.14. The minimum atomic E-state index is -3.72. The van der Waals surface area contributed by atoms with Crippen molar-refractivity contribution in [2.24, 2.45) is 0 Å². The molecule has 1 amide bonds. The van der Waals surface area contributed by atoms with Gasteiger partial charge in [0.2, 0.25) is 0 Å². The van der Waals surface area contributed by atoms with Gasteiger partial charge in [-0.05, 0) is 62.9 Å². The molecule has 1 saturated carbocycles. The van der Waals surface area contributed by atoms with Gasteiger partial charge in [-0.2, -0.15) is 0 Å². The molecule has 0 radical (unpaired) electrons. The van der Waals surface area contributed by atoms with Crippen molar-refractivity contribution in [1.82, 2.24) is 5.32 Å². The lowest BCUT2D eigenvalue weighted by Crippen LogP contribution is -2.38. The van der Waals surface area contributed by atoms with Crippen LogP contribution < -0.4 is 10.0 Å². The lowest BCUT2D eigenvalue weighted by molar-refractivity contribution is 0.0867. The number of carbonyl (C=O) groups is 1. The molecule has 1 aliphatic rings. The van der Waals surface area contributed by atoms with Gasteiger partial charge >= 0.3 is 0 Å². The standard InChI is InChI=1S/C20H24N2O4S/c1-14-5-11-19(12-6-14)27(25,26)22-17-4-2-3-15(13-17)20(24)21-16-7-9-18(23)10-8-16/h2-6,11-13,16,18,22-23H,7-10H2,1H3,(H,21,24). The van der Waals surface area contributed by atoms with Crippen molar-refractivity contribution in [3.05, 3.63) is 59.7 Å². The molecular formula is C20H24N2O4S. The molecule has 3 N–H and O–H groups in total. The first kappa shape index (κ1) is 19.4. The summed E-state index contributed by atoms with van der Waals surface area (Å²) in [6.45, 7) is 1.89. The SMILES string of the molecule is Cc1ccc(S(=O)(=O)Nc2cccc(C(=O)NC3CCC(O)CC3)c2)cc1. The second-order valence-corrected chi connectivity index (χ2v) is 8.66. The molecule has 2 aromatic carbocycles. The van der Waals surface area contributed by atoms with E-state index in [9.17, 15) is 18.3 Å². The summed E-state index contributed by atoms with van der Waals surface area (Å²) in [5.41, 5.74) is 1.70. The minimum absolute atomic E-state index is 0.0359. The summed E-state index contributed by atoms with van der Waals surface area (Å²) in [7, 11) is -3.72. The van der Waals surface area contributed by atoms with Crippen LogP contribution in [-0.2, 0) is 10.0 Å². The zero-order chi connectivity index (χ0) is 19.4. The van der Waals surface area contributed by atoms with Crippen LogP contribution >= 0.6 is 0 Å². The molecule has 0 aromatic heterocycles. The maximum Gasteiger partial charge on any atom is 0.261 e. The van der Waals surface area contributed by atoms with Gasteiger partial charge in [0.15, 0.2) is 0 Å². The summed E-state index contributed by atoms with van der Waals surface area (Å²) in [5, 5.41) is 12.5. The van der Waals surface area contributed by atoms with Crippen LogP contribution in [0.5, 0.6) is 0 Å². The van der Waals surface area contributed by atoms with Crippen LogP contribution in [0.3, 0.4) is 0 Å². The van der Waals surface area contributed by atoms with Crippen LogP contribution in [0.4, 0.5) is 5.69 Å². The third-order valence-electron chi connectivity index (χ3n) is 4.74. The third-order valence-corrected chi connectivity index (χ3v) is 6.14. The summed E-state index contributed by atoms with van der Waals surface area (Å²) < 4.78 is 27.5. The van der Waals surface area contributed by atoms with E-state index in [1.165, 1.54) is 6.07 Å². The number of anilines is 1. The molecule has 27 heavy (non-hydrogen) atoms. The number of hydrogen-bond donors (Lipinski definition) is 3. The highest BCUT2D eigenvalue weighted by Gasteiger charge is 2.21. The molecule has 0 spiro atoms. The van der Waals surface area contributed by atoms with E-state index in [-0.39, 0.29) is 22.9 Å². The highest BCUT2D eigenvalue weighted by Crippen LogP contribution is 2.20. The number of benzene rings is 2. The lowest BCUT2D eigenvalue weighted by Gasteiger charge is -2.26. The molecule has 0 atom stereocenters. The fourth-order valence-corrected chi connectivity index (χ4v) is 4.19. The Labute approximate surface area is 159 Å². The average molecular weight is 388 g/mol. The van der Waals surface area contributed by atoms with E-state index < -0.39 is 10.0 Å². The first-order chi connectivity index (χ1) is 12.8. The van der Waals surface area contributed by atoms with E-state index in [1.54, 1.807) is 42.5 Å². The smallest absolute Gasteiger partial charge is 0.261 e. The Bertz CT molecular complexity index is 902. The molecule has 0 unspecified atom stereocenters. The minimum Gasteiger partial charge on any atom is -0.393 e. The molecule has 1 aliphatic carbocycles. The number of sulfonamides is 1. The third kappa shape index (κ3) is 5.08. The Kier molecular flexibility index (Phi) is 5.82. The van der Waals surface area contributed by atoms with Crippen molar-refractivity contribution < 1.29 is 18.3 Å². The van der Waals surface area contributed by atoms with Gasteiger partial charge in [-0.15, -0.1) is 0 Å². The van der Waals surface area contributed by atoms with E-state index in [1.807, 2.05) is 6.92 Å². The summed E-state index contributed by atoms with van der Waals surface area (Å²) in [6, 6.07) is 13.0. The molecule has 0 heterocycles. The molecule has 6 nitrogen and oxygen atoms in total. The highest BCUT2D eigenvalue weighted by atomic mass is 32.2. The van der Waals surface area contributed by atoms with Crippen LogP contribution in [-0.4, -0.2) is 31.6 Å². The summed E-state index contributed by atoms with van der Waals surface area (Å²) >= 11 is 0. The first-order valence-corrected chi connectivity index (χ1v) is 10.5. The normalized spacial score (nSPS) is 20.1. The second-order valence-electron chi connectivity index (χ2n) is 6.98. The quantitative estimate of drug-likeness (QED) is 0.734. The maximum atomic E-state index is 12.5. The van der Waals surface area contributed by atoms with Gasteiger partial charge < -0.3 is 10.4 Å². The number of nitrogens with one attached hydrogen (secondary N) is 2. The average Bonchev–Trinajstić information content (AvgIpc) is 2.64. The van der Waals surface area contributed by atoms with Crippen LogP contribution in [0, 0.1) is 6.92 Å². The number of rotatable bonds is 5. The van der Waals surface area contributed by atoms with Gasteiger partial charge in [0.25, 0.3) is 15.9 Å². The van der Waals surface area contributed by atoms with Crippen molar-refractivity contribution >= 4 is 21.6 Å². The maximum absolute atomic E-state index is 12.5. The molecule has 7 heteroatoms. The van der Waals surface area contributed by atoms with E-state index in [0.717, 1.165) is 18.4 Å². The van der Waals surface area contributed by atoms with Gasteiger partial charge in [-0.25, -0.2) is 8.42 Å². The Morgan fingerprint density at radius 3 is 2.37 bits per heavy atom. The summed E-state index contributed by atoms with van der Waals surface area (Å²) in [6.07, 6.45) is 2.57. The van der Waals surface area contributed by atoms with Crippen molar-refractivity contribution in [1.29, 1.82) is 0 Å². The second kappa shape index (κ2) is 8.10. The zero-order valence-corrected chi connectivity index (χ0v) is 16.0. The molecule has 0 bridgehead atoms. The van der Waals surface area contributed by atoms with Crippen LogP contribution in [0.1, 0.15) is 41.6 Å². The van der Waals surface area contributed by atoms with Crippen molar-refractivity contribution in [2.45, 2.75) is 49.6 Å². The monoisotopic (exact) mass is 388 g/mol. The van der Waals surface area contributed by atoms with E-state index in [4.69, 9.17) is 0 Å². The molecule has 2 aromatic rings. The van der Waals surface area contributed by atoms with E-state index in [0.29, 0.717) is 24.1 Å². The Hall–Kier alpha value is -2.38. The number of aliphatic hydroxyl groups excluding tert-OH is 1. The Balaban J connectivity index is 1.69. The molecule has 3 rings (SSSR count). The van der Waals surface area contributed by atoms with Crippen LogP contribution in [0.2, 0.25) is 0 Å². The fraction of sp³-hybridized carbons (Fsp3) is 0.350. The molecule has 0 saturated heterocycles. The number of amides is 1. The van der Waals surface area contributed by atoms with Gasteiger partial charge in [0.05, 0.1) is 11.0 Å². The first-order valence-electron chi connectivity index (χ1n) is 9.02. The number of hydrogen-bond acceptors (Lipinski definition) is 4. The van der Waals surface area contributed by atoms with Crippen molar-refractivity contribution in [2.75, 3.05) is 4.72 Å². The molecule has 144 valence electrons. The van der Waals surface area contributed by atoms with Crippen LogP contribution in [0.25, 0.3) is 0 Å². The van der Waals surface area contributed by atoms with Crippen molar-refractivity contribution in [3.63, 3.8) is 0 Å². The Morgan fingerprint density at radius 1 is 1.04 bits per heavy atom. The van der Waals surface area contributed by atoms with Crippen LogP contribution in [0.15, 0.2) is 53.4 Å². The molecule has 0 aliphatic heterocycles. The van der Waals surface area contributed by atoms with Crippen molar-refractivity contribution in [3.8, 4) is 0 Å². The molecular weight excluding hydrogens is 364 g/mol. The lowest BCUT2D eigenvalue weighted by atomic mass is 9.93. The van der Waals surface area contributed by atoms with E-state index in [2.05, 4.69) is 10.0 Å². The largest absolute Gasteiger partial charge is 0.393 e. The zero-order valence-electron chi connectivity index (χ0n) is 15.2. The predicted molar refractivity (Wildman–Crippen MR) is 104 cm³/mol. The van der Waals surface area contributed by atoms with Gasteiger partial charge in [0, 0.05) is 17.3 Å².